The second-order valence-electron chi connectivity index (χ2n) is 7.46. The number of nitrogens with zero attached hydrogens (tertiary/aromatic N) is 2. The van der Waals surface area contributed by atoms with Gasteiger partial charge >= 0.3 is 6.09 Å². The van der Waals surface area contributed by atoms with Crippen LogP contribution in [0.25, 0.3) is 10.9 Å². The zero-order valence-corrected chi connectivity index (χ0v) is 17.5. The number of rotatable bonds is 7. The monoisotopic (exact) mass is 421 g/mol. The molecule has 1 aromatic carbocycles. The van der Waals surface area contributed by atoms with Crippen molar-refractivity contribution >= 4 is 27.0 Å². The van der Waals surface area contributed by atoms with E-state index in [1.54, 1.807) is 6.92 Å². The number of carbonyl (C=O) groups is 1. The molecule has 1 aliphatic heterocycles. The van der Waals surface area contributed by atoms with Crippen LogP contribution in [0.2, 0.25) is 0 Å². The highest BCUT2D eigenvalue weighted by molar-refractivity contribution is 7.89. The molecule has 2 N–H and O–H groups in total. The number of para-hydroxylation sites is 1. The van der Waals surface area contributed by atoms with Crippen molar-refractivity contribution in [1.29, 1.82) is 0 Å². The summed E-state index contributed by atoms with van der Waals surface area (Å²) in [5.41, 5.74) is 2.93. The number of hydrogen-bond acceptors (Lipinski definition) is 5. The minimum atomic E-state index is -3.51. The van der Waals surface area contributed by atoms with Crippen LogP contribution in [0.1, 0.15) is 31.0 Å². The SMILES string of the molecule is Cc1nc2ccccc2cc1COC1CCN(S(=O)(=O)CC(C)NC(=O)O)CC1. The average molecular weight is 422 g/mol. The smallest absolute Gasteiger partial charge is 0.404 e. The van der Waals surface area contributed by atoms with Gasteiger partial charge in [-0.25, -0.2) is 17.5 Å². The van der Waals surface area contributed by atoms with E-state index >= 15 is 0 Å². The first-order chi connectivity index (χ1) is 13.7. The van der Waals surface area contributed by atoms with E-state index in [2.05, 4.69) is 16.4 Å². The highest BCUT2D eigenvalue weighted by atomic mass is 32.2. The summed E-state index contributed by atoms with van der Waals surface area (Å²) in [5, 5.41) is 12.0. The van der Waals surface area contributed by atoms with Crippen molar-refractivity contribution in [3.63, 3.8) is 0 Å². The highest BCUT2D eigenvalue weighted by Gasteiger charge is 2.30. The number of carboxylic acid groups (broad SMARTS) is 1. The Morgan fingerprint density at radius 3 is 2.72 bits per heavy atom. The molecule has 3 rings (SSSR count). The molecule has 1 fully saturated rings. The molecular formula is C20H27N3O5S. The van der Waals surface area contributed by atoms with Crippen molar-refractivity contribution < 1.29 is 23.1 Å². The van der Waals surface area contributed by atoms with E-state index in [-0.39, 0.29) is 11.9 Å². The summed E-state index contributed by atoms with van der Waals surface area (Å²) in [4.78, 5) is 15.3. The van der Waals surface area contributed by atoms with Gasteiger partial charge in [0.25, 0.3) is 0 Å². The van der Waals surface area contributed by atoms with Crippen LogP contribution in [0.5, 0.6) is 0 Å². The first kappa shape index (κ1) is 21.5. The van der Waals surface area contributed by atoms with E-state index in [0.717, 1.165) is 22.2 Å². The second kappa shape index (κ2) is 9.06. The fourth-order valence-electron chi connectivity index (χ4n) is 3.56. The average Bonchev–Trinajstić information content (AvgIpc) is 2.65. The van der Waals surface area contributed by atoms with Gasteiger partial charge in [-0.05, 0) is 44.4 Å². The molecule has 9 heteroatoms. The lowest BCUT2D eigenvalue weighted by atomic mass is 10.1. The molecular weight excluding hydrogens is 394 g/mol. The number of ether oxygens (including phenoxy) is 1. The quantitative estimate of drug-likeness (QED) is 0.711. The van der Waals surface area contributed by atoms with Crippen molar-refractivity contribution in [3.05, 3.63) is 41.6 Å². The Hall–Kier alpha value is -2.23. The molecule has 0 aliphatic carbocycles. The van der Waals surface area contributed by atoms with Crippen molar-refractivity contribution in [2.45, 2.75) is 45.4 Å². The first-order valence-electron chi connectivity index (χ1n) is 9.69. The number of aromatic nitrogens is 1. The predicted molar refractivity (Wildman–Crippen MR) is 110 cm³/mol. The third kappa shape index (κ3) is 5.65. The van der Waals surface area contributed by atoms with Crippen molar-refractivity contribution in [3.8, 4) is 0 Å². The minimum Gasteiger partial charge on any atom is -0.465 e. The molecule has 1 aliphatic rings. The predicted octanol–water partition coefficient (Wildman–Crippen LogP) is 2.51. The van der Waals surface area contributed by atoms with Gasteiger partial charge in [0.05, 0.1) is 24.0 Å². The molecule has 1 aromatic heterocycles. The van der Waals surface area contributed by atoms with Crippen molar-refractivity contribution in [2.75, 3.05) is 18.8 Å². The fraction of sp³-hybridized carbons (Fsp3) is 0.500. The molecule has 1 atom stereocenters. The third-order valence-corrected chi connectivity index (χ3v) is 7.19. The molecule has 2 heterocycles. The molecule has 158 valence electrons. The van der Waals surface area contributed by atoms with Crippen LogP contribution in [-0.4, -0.2) is 59.9 Å². The second-order valence-corrected chi connectivity index (χ2v) is 9.48. The zero-order valence-electron chi connectivity index (χ0n) is 16.7. The summed E-state index contributed by atoms with van der Waals surface area (Å²) in [5.74, 6) is -0.243. The maximum absolute atomic E-state index is 12.5. The van der Waals surface area contributed by atoms with E-state index < -0.39 is 22.2 Å². The van der Waals surface area contributed by atoms with Crippen LogP contribution in [0.15, 0.2) is 30.3 Å². The Morgan fingerprint density at radius 1 is 1.34 bits per heavy atom. The van der Waals surface area contributed by atoms with Crippen LogP contribution >= 0.6 is 0 Å². The van der Waals surface area contributed by atoms with Gasteiger partial charge < -0.3 is 15.2 Å². The third-order valence-electron chi connectivity index (χ3n) is 5.12. The molecule has 1 saturated heterocycles. The van der Waals surface area contributed by atoms with Crippen molar-refractivity contribution in [2.24, 2.45) is 0 Å². The number of hydrogen-bond donors (Lipinski definition) is 2. The van der Waals surface area contributed by atoms with Gasteiger partial charge in [-0.2, -0.15) is 0 Å². The summed E-state index contributed by atoms with van der Waals surface area (Å²) >= 11 is 0. The van der Waals surface area contributed by atoms with E-state index in [0.29, 0.717) is 32.5 Å². The number of pyridine rings is 1. The molecule has 0 radical (unpaired) electrons. The number of piperidine rings is 1. The lowest BCUT2D eigenvalue weighted by Crippen LogP contribution is -2.46. The molecule has 8 nitrogen and oxygen atoms in total. The largest absolute Gasteiger partial charge is 0.465 e. The Balaban J connectivity index is 1.52. The number of amides is 1. The Kier molecular flexibility index (Phi) is 6.71. The topological polar surface area (TPSA) is 109 Å². The van der Waals surface area contributed by atoms with Crippen molar-refractivity contribution in [1.82, 2.24) is 14.6 Å². The van der Waals surface area contributed by atoms with Gasteiger partial charge in [-0.3, -0.25) is 4.98 Å². The molecule has 0 saturated carbocycles. The number of benzene rings is 1. The first-order valence-corrected chi connectivity index (χ1v) is 11.3. The summed E-state index contributed by atoms with van der Waals surface area (Å²) in [7, 11) is -3.51. The normalized spacial score (nSPS) is 17.3. The number of fused-ring (bicyclic) bond motifs is 1. The maximum atomic E-state index is 12.5. The standard InChI is InChI=1S/C20H27N3O5S/c1-14(21-20(24)25)13-29(26,27)23-9-7-18(8-10-23)28-12-17-11-16-5-3-4-6-19(16)22-15(17)2/h3-6,11,14,18,21H,7-10,12-13H2,1-2H3,(H,24,25). The number of sulfonamides is 1. The van der Waals surface area contributed by atoms with Gasteiger partial charge in [0, 0.05) is 30.2 Å². The van der Waals surface area contributed by atoms with Gasteiger partial charge in [-0.15, -0.1) is 0 Å². The maximum Gasteiger partial charge on any atom is 0.404 e. The molecule has 29 heavy (non-hydrogen) atoms. The summed E-state index contributed by atoms with van der Waals surface area (Å²) in [6.07, 6.45) is -0.0137. The lowest BCUT2D eigenvalue weighted by Gasteiger charge is -2.32. The lowest BCUT2D eigenvalue weighted by molar-refractivity contribution is 0.00991. The Morgan fingerprint density at radius 2 is 2.03 bits per heavy atom. The van der Waals surface area contributed by atoms with Crippen LogP contribution in [0.3, 0.4) is 0 Å². The molecule has 1 amide bonds. The van der Waals surface area contributed by atoms with Gasteiger partial charge in [0.2, 0.25) is 10.0 Å². The van der Waals surface area contributed by atoms with Crippen LogP contribution in [-0.2, 0) is 21.4 Å². The van der Waals surface area contributed by atoms with E-state index in [1.807, 2.05) is 31.2 Å². The minimum absolute atomic E-state index is 0.0121. The van der Waals surface area contributed by atoms with E-state index in [9.17, 15) is 13.2 Å². The zero-order chi connectivity index (χ0) is 21.0. The van der Waals surface area contributed by atoms with Crippen LogP contribution < -0.4 is 5.32 Å². The fourth-order valence-corrected chi connectivity index (χ4v) is 5.25. The Labute approximate surface area is 170 Å². The highest BCUT2D eigenvalue weighted by Crippen LogP contribution is 2.21. The van der Waals surface area contributed by atoms with Gasteiger partial charge in [0.1, 0.15) is 0 Å². The summed E-state index contributed by atoms with van der Waals surface area (Å²) in [6, 6.07) is 9.38. The molecule has 1 unspecified atom stereocenters. The molecule has 0 bridgehead atoms. The molecule has 2 aromatic rings. The summed E-state index contributed by atoms with van der Waals surface area (Å²) < 4.78 is 32.4. The van der Waals surface area contributed by atoms with Gasteiger partial charge in [0.15, 0.2) is 0 Å². The van der Waals surface area contributed by atoms with Crippen LogP contribution in [0.4, 0.5) is 4.79 Å². The number of aryl methyl sites for hydroxylation is 1. The Bertz CT molecular complexity index is 971. The molecule has 0 spiro atoms. The van der Waals surface area contributed by atoms with Gasteiger partial charge in [-0.1, -0.05) is 18.2 Å². The number of nitrogens with one attached hydrogen (secondary N) is 1. The van der Waals surface area contributed by atoms with Crippen LogP contribution in [0, 0.1) is 6.92 Å². The van der Waals surface area contributed by atoms with E-state index in [4.69, 9.17) is 9.84 Å². The van der Waals surface area contributed by atoms with E-state index in [1.165, 1.54) is 4.31 Å². The summed E-state index contributed by atoms with van der Waals surface area (Å²) in [6.45, 7) is 4.71.